The third-order valence-corrected chi connectivity index (χ3v) is 2.26. The maximum atomic E-state index is 10.9. The second-order valence-electron chi connectivity index (χ2n) is 3.76. The third kappa shape index (κ3) is 5.21. The number of nitrogens with one attached hydrogen (secondary N) is 1. The van der Waals surface area contributed by atoms with E-state index < -0.39 is 0 Å². The van der Waals surface area contributed by atoms with E-state index in [4.69, 9.17) is 4.42 Å². The van der Waals surface area contributed by atoms with Crippen LogP contribution in [0, 0.1) is 0 Å². The highest BCUT2D eigenvalue weighted by atomic mass is 16.3. The summed E-state index contributed by atoms with van der Waals surface area (Å²) in [5, 5.41) is 2.62. The summed E-state index contributed by atoms with van der Waals surface area (Å²) in [5.74, 6) is 0.324. The maximum Gasteiger partial charge on any atom is 0.286 e. The minimum atomic E-state index is -0.160. The van der Waals surface area contributed by atoms with Crippen molar-refractivity contribution in [1.82, 2.24) is 5.32 Å². The maximum absolute atomic E-state index is 10.9. The molecule has 0 atom stereocenters. The van der Waals surface area contributed by atoms with E-state index in [1.54, 1.807) is 19.1 Å². The Labute approximate surface area is 112 Å². The lowest BCUT2D eigenvalue weighted by molar-refractivity contribution is 0.0927. The van der Waals surface area contributed by atoms with Gasteiger partial charge >= 0.3 is 0 Å². The first-order chi connectivity index (χ1) is 9.15. The van der Waals surface area contributed by atoms with E-state index in [-0.39, 0.29) is 11.7 Å². The van der Waals surface area contributed by atoms with Crippen LogP contribution in [-0.2, 0) is 0 Å². The fourth-order valence-corrected chi connectivity index (χ4v) is 1.33. The summed E-state index contributed by atoms with van der Waals surface area (Å²) in [6.07, 6.45) is 1.48. The molecule has 100 valence electrons. The average Bonchev–Trinajstić information content (AvgIpc) is 2.95. The van der Waals surface area contributed by atoms with E-state index >= 15 is 0 Å². The van der Waals surface area contributed by atoms with Gasteiger partial charge in [0, 0.05) is 12.1 Å². The van der Waals surface area contributed by atoms with Crippen LogP contribution in [0.5, 0.6) is 0 Å². The second kappa shape index (κ2) is 7.87. The van der Waals surface area contributed by atoms with E-state index in [2.05, 4.69) is 5.32 Å². The van der Waals surface area contributed by atoms with Gasteiger partial charge < -0.3 is 9.73 Å². The molecule has 0 aliphatic rings. The Hall–Kier alpha value is -2.36. The molecule has 0 aliphatic heterocycles. The van der Waals surface area contributed by atoms with Crippen LogP contribution in [0.2, 0.25) is 0 Å². The minimum Gasteiger partial charge on any atom is -0.459 e. The van der Waals surface area contributed by atoms with Crippen molar-refractivity contribution in [3.63, 3.8) is 0 Å². The molecule has 0 fully saturated rings. The third-order valence-electron chi connectivity index (χ3n) is 2.26. The van der Waals surface area contributed by atoms with Crippen LogP contribution in [0.1, 0.15) is 34.8 Å². The van der Waals surface area contributed by atoms with Crippen molar-refractivity contribution in [2.75, 3.05) is 6.54 Å². The van der Waals surface area contributed by atoms with Gasteiger partial charge in [0.05, 0.1) is 6.26 Å². The zero-order chi connectivity index (χ0) is 14.1. The van der Waals surface area contributed by atoms with Crippen molar-refractivity contribution in [1.29, 1.82) is 0 Å². The number of carbonyl (C=O) groups is 2. The van der Waals surface area contributed by atoms with Gasteiger partial charge in [0.25, 0.3) is 5.91 Å². The summed E-state index contributed by atoms with van der Waals surface area (Å²) >= 11 is 0. The van der Waals surface area contributed by atoms with E-state index in [0.717, 1.165) is 5.56 Å². The van der Waals surface area contributed by atoms with E-state index in [9.17, 15) is 9.59 Å². The lowest BCUT2D eigenvalue weighted by Gasteiger charge is -1.95. The van der Waals surface area contributed by atoms with Gasteiger partial charge in [-0.3, -0.25) is 9.59 Å². The van der Waals surface area contributed by atoms with E-state index in [1.807, 2.05) is 37.3 Å². The van der Waals surface area contributed by atoms with Crippen molar-refractivity contribution in [2.24, 2.45) is 0 Å². The molecule has 2 rings (SSSR count). The Bertz CT molecular complexity index is 503. The topological polar surface area (TPSA) is 59.3 Å². The summed E-state index contributed by atoms with van der Waals surface area (Å²) in [7, 11) is 0. The fourth-order valence-electron chi connectivity index (χ4n) is 1.33. The molecular formula is C15H17NO3. The summed E-state index contributed by atoms with van der Waals surface area (Å²) in [6, 6.07) is 12.5. The standard InChI is InChI=1S/C8H8O.C7H9NO2/c1-7(9)8-5-3-2-4-6-8;1-2-8-7(9)6-4-3-5-10-6/h2-6H,1H3;3-5H,2H2,1H3,(H,8,9). The molecule has 0 aliphatic carbocycles. The van der Waals surface area contributed by atoms with Gasteiger partial charge in [-0.15, -0.1) is 0 Å². The summed E-state index contributed by atoms with van der Waals surface area (Å²) in [5.41, 5.74) is 0.775. The quantitative estimate of drug-likeness (QED) is 0.862. The highest BCUT2D eigenvalue weighted by molar-refractivity contribution is 5.93. The molecule has 0 saturated heterocycles. The first-order valence-corrected chi connectivity index (χ1v) is 6.02. The van der Waals surface area contributed by atoms with Gasteiger partial charge in [0.2, 0.25) is 0 Å². The number of hydrogen-bond acceptors (Lipinski definition) is 3. The van der Waals surface area contributed by atoms with Gasteiger partial charge in [-0.05, 0) is 26.0 Å². The lowest BCUT2D eigenvalue weighted by atomic mass is 10.2. The van der Waals surface area contributed by atoms with Crippen LogP contribution >= 0.6 is 0 Å². The molecule has 0 radical (unpaired) electrons. The Morgan fingerprint density at radius 1 is 1.11 bits per heavy atom. The lowest BCUT2D eigenvalue weighted by Crippen LogP contribution is -2.21. The normalized spacial score (nSPS) is 9.16. The molecule has 1 aromatic heterocycles. The van der Waals surface area contributed by atoms with Gasteiger partial charge in [-0.1, -0.05) is 30.3 Å². The van der Waals surface area contributed by atoms with Crippen LogP contribution in [-0.4, -0.2) is 18.2 Å². The van der Waals surface area contributed by atoms with Gasteiger partial charge in [-0.2, -0.15) is 0 Å². The van der Waals surface area contributed by atoms with Crippen molar-refractivity contribution in [3.05, 3.63) is 60.1 Å². The number of furan rings is 1. The largest absolute Gasteiger partial charge is 0.459 e. The zero-order valence-electron chi connectivity index (χ0n) is 11.1. The van der Waals surface area contributed by atoms with E-state index in [0.29, 0.717) is 12.3 Å². The number of rotatable bonds is 3. The van der Waals surface area contributed by atoms with Crippen molar-refractivity contribution < 1.29 is 14.0 Å². The predicted octanol–water partition coefficient (Wildman–Crippen LogP) is 2.92. The second-order valence-corrected chi connectivity index (χ2v) is 3.76. The van der Waals surface area contributed by atoms with Crippen LogP contribution < -0.4 is 5.32 Å². The van der Waals surface area contributed by atoms with Crippen LogP contribution in [0.25, 0.3) is 0 Å². The number of carbonyl (C=O) groups excluding carboxylic acids is 2. The molecule has 1 N–H and O–H groups in total. The van der Waals surface area contributed by atoms with Crippen molar-refractivity contribution in [2.45, 2.75) is 13.8 Å². The molecule has 4 nitrogen and oxygen atoms in total. The smallest absolute Gasteiger partial charge is 0.286 e. The first kappa shape index (κ1) is 14.7. The monoisotopic (exact) mass is 259 g/mol. The molecular weight excluding hydrogens is 242 g/mol. The molecule has 2 aromatic rings. The van der Waals surface area contributed by atoms with Crippen LogP contribution in [0.15, 0.2) is 53.1 Å². The average molecular weight is 259 g/mol. The van der Waals surface area contributed by atoms with Crippen molar-refractivity contribution >= 4 is 11.7 Å². The molecule has 4 heteroatoms. The summed E-state index contributed by atoms with van der Waals surface area (Å²) < 4.78 is 4.84. The first-order valence-electron chi connectivity index (χ1n) is 6.02. The van der Waals surface area contributed by atoms with Crippen LogP contribution in [0.4, 0.5) is 0 Å². The molecule has 0 spiro atoms. The Balaban J connectivity index is 0.000000191. The number of benzene rings is 1. The molecule has 1 amide bonds. The zero-order valence-corrected chi connectivity index (χ0v) is 11.1. The number of ketones is 1. The molecule has 1 heterocycles. The minimum absolute atomic E-state index is 0.121. The highest BCUT2D eigenvalue weighted by Gasteiger charge is 2.04. The number of hydrogen-bond donors (Lipinski definition) is 1. The van der Waals surface area contributed by atoms with Crippen LogP contribution in [0.3, 0.4) is 0 Å². The van der Waals surface area contributed by atoms with E-state index in [1.165, 1.54) is 6.26 Å². The Kier molecular flexibility index (Phi) is 6.09. The summed E-state index contributed by atoms with van der Waals surface area (Å²) in [4.78, 5) is 21.5. The number of Topliss-reactive ketones (excluding diaryl/α,β-unsaturated/α-hetero) is 1. The Morgan fingerprint density at radius 2 is 1.79 bits per heavy atom. The SMILES string of the molecule is CC(=O)c1ccccc1.CCNC(=O)c1ccco1. The number of amides is 1. The molecule has 0 bridgehead atoms. The van der Waals surface area contributed by atoms with Crippen molar-refractivity contribution in [3.8, 4) is 0 Å². The highest BCUT2D eigenvalue weighted by Crippen LogP contribution is 1.98. The summed E-state index contributed by atoms with van der Waals surface area (Å²) in [6.45, 7) is 4.05. The Morgan fingerprint density at radius 3 is 2.21 bits per heavy atom. The van der Waals surface area contributed by atoms with Gasteiger partial charge in [0.1, 0.15) is 0 Å². The molecule has 0 saturated carbocycles. The fraction of sp³-hybridized carbons (Fsp3) is 0.200. The van der Waals surface area contributed by atoms with Gasteiger partial charge in [-0.25, -0.2) is 0 Å². The molecule has 0 unspecified atom stereocenters. The predicted molar refractivity (Wildman–Crippen MR) is 73.2 cm³/mol. The molecule has 1 aromatic carbocycles. The molecule has 19 heavy (non-hydrogen) atoms. The van der Waals surface area contributed by atoms with Gasteiger partial charge in [0.15, 0.2) is 11.5 Å².